The van der Waals surface area contributed by atoms with Crippen LogP contribution in [0.3, 0.4) is 0 Å². The van der Waals surface area contributed by atoms with Crippen LogP contribution >= 0.6 is 0 Å². The maximum Gasteiger partial charge on any atom is 0.149 e. The van der Waals surface area contributed by atoms with E-state index in [2.05, 4.69) is 4.98 Å². The van der Waals surface area contributed by atoms with Crippen LogP contribution < -0.4 is 17.2 Å². The third-order valence-electron chi connectivity index (χ3n) is 2.50. The second-order valence-electron chi connectivity index (χ2n) is 3.81. The molecule has 0 aliphatic rings. The highest BCUT2D eigenvalue weighted by atomic mass is 19.1. The Hall–Kier alpha value is -2.30. The molecule has 1 aromatic heterocycles. The Kier molecular flexibility index (Phi) is 2.82. The van der Waals surface area contributed by atoms with Gasteiger partial charge in [-0.2, -0.15) is 0 Å². The van der Waals surface area contributed by atoms with Gasteiger partial charge in [-0.05, 0) is 23.8 Å². The van der Waals surface area contributed by atoms with Gasteiger partial charge >= 0.3 is 0 Å². The molecular weight excluding hydrogens is 219 g/mol. The fraction of sp³-hybridized carbons (Fsp3) is 0.0833. The highest BCUT2D eigenvalue weighted by Gasteiger charge is 2.06. The first-order valence-electron chi connectivity index (χ1n) is 5.11. The second-order valence-corrected chi connectivity index (χ2v) is 3.81. The highest BCUT2D eigenvalue weighted by Crippen LogP contribution is 2.21. The van der Waals surface area contributed by atoms with Gasteiger partial charge in [0.25, 0.3) is 0 Å². The molecule has 0 aliphatic carbocycles. The van der Waals surface area contributed by atoms with Crippen molar-refractivity contribution in [1.29, 1.82) is 0 Å². The maximum atomic E-state index is 12.7. The van der Waals surface area contributed by atoms with E-state index in [4.69, 9.17) is 17.2 Å². The number of benzene rings is 1. The van der Waals surface area contributed by atoms with E-state index in [1.54, 1.807) is 18.2 Å². The Labute approximate surface area is 98.3 Å². The van der Waals surface area contributed by atoms with Crippen molar-refractivity contribution in [3.63, 3.8) is 0 Å². The third kappa shape index (κ3) is 2.44. The summed E-state index contributed by atoms with van der Waals surface area (Å²) in [6.07, 6.45) is 0.545. The molecule has 0 saturated carbocycles. The van der Waals surface area contributed by atoms with Crippen molar-refractivity contribution in [3.05, 3.63) is 47.3 Å². The number of nitrogen functional groups attached to an aromatic ring is 3. The van der Waals surface area contributed by atoms with Crippen molar-refractivity contribution < 1.29 is 4.39 Å². The number of anilines is 3. The van der Waals surface area contributed by atoms with Crippen LogP contribution in [0.1, 0.15) is 11.1 Å². The molecule has 4 nitrogen and oxygen atoms in total. The van der Waals surface area contributed by atoms with E-state index in [0.29, 0.717) is 17.9 Å². The van der Waals surface area contributed by atoms with Gasteiger partial charge in [-0.15, -0.1) is 0 Å². The van der Waals surface area contributed by atoms with E-state index in [1.807, 2.05) is 0 Å². The number of hydrogen-bond donors (Lipinski definition) is 3. The summed E-state index contributed by atoms with van der Waals surface area (Å²) in [6, 6.07) is 7.89. The summed E-state index contributed by atoms with van der Waals surface area (Å²) in [5, 5.41) is 0. The number of pyridine rings is 1. The molecule has 0 spiro atoms. The molecule has 0 radical (unpaired) electrons. The Bertz CT molecular complexity index is 537. The Balaban J connectivity index is 2.30. The third-order valence-corrected chi connectivity index (χ3v) is 2.50. The van der Waals surface area contributed by atoms with Crippen LogP contribution in [0.2, 0.25) is 0 Å². The lowest BCUT2D eigenvalue weighted by molar-refractivity contribution is 0.627. The van der Waals surface area contributed by atoms with E-state index in [9.17, 15) is 4.39 Å². The zero-order chi connectivity index (χ0) is 12.4. The van der Waals surface area contributed by atoms with Crippen LogP contribution in [0, 0.1) is 5.82 Å². The summed E-state index contributed by atoms with van der Waals surface area (Å²) in [5.41, 5.74) is 19.1. The highest BCUT2D eigenvalue weighted by molar-refractivity contribution is 5.64. The molecule has 0 unspecified atom stereocenters. The van der Waals surface area contributed by atoms with Crippen molar-refractivity contribution >= 4 is 17.3 Å². The number of hydrogen-bond acceptors (Lipinski definition) is 4. The van der Waals surface area contributed by atoms with Crippen molar-refractivity contribution in [1.82, 2.24) is 4.98 Å². The Morgan fingerprint density at radius 3 is 2.29 bits per heavy atom. The van der Waals surface area contributed by atoms with Gasteiger partial charge in [-0.1, -0.05) is 12.1 Å². The van der Waals surface area contributed by atoms with Crippen LogP contribution in [0.4, 0.5) is 21.7 Å². The van der Waals surface area contributed by atoms with Gasteiger partial charge in [0.05, 0.1) is 5.69 Å². The molecule has 6 N–H and O–H groups in total. The van der Waals surface area contributed by atoms with Crippen LogP contribution in [-0.4, -0.2) is 4.98 Å². The summed E-state index contributed by atoms with van der Waals surface area (Å²) < 4.78 is 12.7. The second kappa shape index (κ2) is 4.29. The molecule has 1 heterocycles. The summed E-state index contributed by atoms with van der Waals surface area (Å²) in [4.78, 5) is 3.94. The molecule has 0 bridgehead atoms. The lowest BCUT2D eigenvalue weighted by Gasteiger charge is -2.08. The summed E-state index contributed by atoms with van der Waals surface area (Å²) in [7, 11) is 0. The smallest absolute Gasteiger partial charge is 0.149 e. The van der Waals surface area contributed by atoms with Gasteiger partial charge in [0.15, 0.2) is 0 Å². The number of rotatable bonds is 2. The Morgan fingerprint density at radius 1 is 1.00 bits per heavy atom. The maximum absolute atomic E-state index is 12.7. The van der Waals surface area contributed by atoms with Crippen molar-refractivity contribution in [3.8, 4) is 0 Å². The fourth-order valence-corrected chi connectivity index (χ4v) is 1.57. The van der Waals surface area contributed by atoms with Crippen LogP contribution in [-0.2, 0) is 6.42 Å². The van der Waals surface area contributed by atoms with Crippen LogP contribution in [0.5, 0.6) is 0 Å². The normalized spacial score (nSPS) is 10.4. The minimum atomic E-state index is -0.267. The molecule has 88 valence electrons. The van der Waals surface area contributed by atoms with E-state index in [0.717, 1.165) is 11.1 Å². The molecule has 2 rings (SSSR count). The Morgan fingerprint density at radius 2 is 1.65 bits per heavy atom. The largest absolute Gasteiger partial charge is 0.396 e. The molecule has 0 aliphatic heterocycles. The van der Waals surface area contributed by atoms with E-state index >= 15 is 0 Å². The fourth-order valence-electron chi connectivity index (χ4n) is 1.57. The van der Waals surface area contributed by atoms with Crippen LogP contribution in [0.15, 0.2) is 30.3 Å². The molecule has 17 heavy (non-hydrogen) atoms. The zero-order valence-corrected chi connectivity index (χ0v) is 9.15. The van der Waals surface area contributed by atoms with Crippen molar-refractivity contribution in [2.45, 2.75) is 6.42 Å². The van der Waals surface area contributed by atoms with Crippen molar-refractivity contribution in [2.75, 3.05) is 17.2 Å². The molecule has 0 amide bonds. The van der Waals surface area contributed by atoms with E-state index < -0.39 is 0 Å². The van der Waals surface area contributed by atoms with Gasteiger partial charge in [0.2, 0.25) is 0 Å². The topological polar surface area (TPSA) is 91.0 Å². The molecule has 2 aromatic rings. The summed E-state index contributed by atoms with van der Waals surface area (Å²) in [5.74, 6) is 0.308. The first-order valence-corrected chi connectivity index (χ1v) is 5.11. The average Bonchev–Trinajstić information content (AvgIpc) is 2.29. The van der Waals surface area contributed by atoms with Gasteiger partial charge in [-0.3, -0.25) is 0 Å². The molecule has 0 saturated heterocycles. The lowest BCUT2D eigenvalue weighted by atomic mass is 10.1. The molecule has 0 atom stereocenters. The predicted molar refractivity (Wildman–Crippen MR) is 66.7 cm³/mol. The molecular formula is C12H13FN4. The first-order chi connectivity index (χ1) is 8.06. The van der Waals surface area contributed by atoms with Gasteiger partial charge < -0.3 is 17.2 Å². The standard InChI is InChI=1S/C12H13FN4/c13-9-3-1-7(2-4-9)5-8-6-10(14)12(16)17-11(8)15/h1-4,6H,5,14H2,(H4,15,16,17). The van der Waals surface area contributed by atoms with E-state index in [1.165, 1.54) is 12.1 Å². The number of nitrogens with two attached hydrogens (primary N) is 3. The number of nitrogens with zero attached hydrogens (tertiary/aromatic N) is 1. The minimum Gasteiger partial charge on any atom is -0.396 e. The molecule has 5 heteroatoms. The zero-order valence-electron chi connectivity index (χ0n) is 9.15. The SMILES string of the molecule is Nc1cc(Cc2ccc(F)cc2)c(N)nc1N. The van der Waals surface area contributed by atoms with Crippen molar-refractivity contribution in [2.24, 2.45) is 0 Å². The quantitative estimate of drug-likeness (QED) is 0.732. The summed E-state index contributed by atoms with van der Waals surface area (Å²) >= 11 is 0. The predicted octanol–water partition coefficient (Wildman–Crippen LogP) is 1.56. The van der Waals surface area contributed by atoms with Gasteiger partial charge in [-0.25, -0.2) is 9.37 Å². The molecule has 0 fully saturated rings. The minimum absolute atomic E-state index is 0.227. The number of aromatic nitrogens is 1. The first kappa shape index (κ1) is 11.2. The number of halogens is 1. The molecule has 1 aromatic carbocycles. The van der Waals surface area contributed by atoms with Crippen LogP contribution in [0.25, 0.3) is 0 Å². The average molecular weight is 232 g/mol. The summed E-state index contributed by atoms with van der Waals surface area (Å²) in [6.45, 7) is 0. The van der Waals surface area contributed by atoms with E-state index in [-0.39, 0.29) is 11.6 Å². The lowest BCUT2D eigenvalue weighted by Crippen LogP contribution is -2.05. The monoisotopic (exact) mass is 232 g/mol. The van der Waals surface area contributed by atoms with Gasteiger partial charge in [0.1, 0.15) is 17.5 Å². The van der Waals surface area contributed by atoms with Gasteiger partial charge in [0, 0.05) is 12.0 Å².